The Morgan fingerprint density at radius 2 is 1.88 bits per heavy atom. The summed E-state index contributed by atoms with van der Waals surface area (Å²) in [5.41, 5.74) is 5.49. The summed E-state index contributed by atoms with van der Waals surface area (Å²) < 4.78 is 0. The smallest absolute Gasteiger partial charge is 0.240 e. The molecule has 34 heavy (non-hydrogen) atoms. The van der Waals surface area contributed by atoms with Crippen molar-refractivity contribution in [3.05, 3.63) is 53.3 Å². The molecule has 2 heterocycles. The first-order valence-electron chi connectivity index (χ1n) is 11.9. The zero-order valence-corrected chi connectivity index (χ0v) is 22.4. The third kappa shape index (κ3) is 6.46. The molecule has 3 atom stereocenters. The first-order chi connectivity index (χ1) is 15.8. The molecule has 186 valence electrons. The minimum Gasteiger partial charge on any atom is -0.391 e. The van der Waals surface area contributed by atoms with Gasteiger partial charge in [0.15, 0.2) is 0 Å². The fraction of sp³-hybridized carbons (Fsp3) is 0.556. The first-order valence-corrected chi connectivity index (χ1v) is 12.8. The number of hydrogen-bond donors (Lipinski definition) is 3. The minimum atomic E-state index is -0.551. The van der Waals surface area contributed by atoms with Crippen molar-refractivity contribution in [1.82, 2.24) is 20.5 Å². The second kappa shape index (κ2) is 10.2. The Morgan fingerprint density at radius 3 is 2.41 bits per heavy atom. The van der Waals surface area contributed by atoms with Gasteiger partial charge >= 0.3 is 0 Å². The normalized spacial score (nSPS) is 19.8. The van der Waals surface area contributed by atoms with Crippen molar-refractivity contribution in [1.29, 1.82) is 0 Å². The summed E-state index contributed by atoms with van der Waals surface area (Å²) in [6, 6.07) is 7.82. The maximum atomic E-state index is 13.7. The number of carbonyl (C=O) groups excluding carboxylic acids is 1. The number of aliphatic hydroxyl groups is 1. The number of aromatic nitrogens is 1. The highest BCUT2D eigenvalue weighted by molar-refractivity contribution is 7.13. The maximum Gasteiger partial charge on any atom is 0.240 e. The van der Waals surface area contributed by atoms with E-state index in [1.165, 1.54) is 4.88 Å². The van der Waals surface area contributed by atoms with E-state index >= 15 is 0 Å². The molecule has 3 rings (SSSR count). The fourth-order valence-corrected chi connectivity index (χ4v) is 5.13. The van der Waals surface area contributed by atoms with Crippen LogP contribution in [0.2, 0.25) is 0 Å². The van der Waals surface area contributed by atoms with Gasteiger partial charge in [-0.3, -0.25) is 4.79 Å². The molecule has 1 aromatic heterocycles. The van der Waals surface area contributed by atoms with Crippen LogP contribution in [0, 0.1) is 12.3 Å². The number of aryl methyl sites for hydroxylation is 1. The van der Waals surface area contributed by atoms with E-state index in [0.29, 0.717) is 19.5 Å². The zero-order valence-electron chi connectivity index (χ0n) is 21.6. The third-order valence-corrected chi connectivity index (χ3v) is 7.11. The number of aliphatic hydroxyl groups excluding tert-OH is 1. The standard InChI is InChI=1S/C27H40N4O2S/c1-17(28-14-19-9-11-20(12-10-19)23-18(2)29-16-34-23)22-13-21(32)15-31(22)25(33)24(26(3,4)5)30-27(6,7)8/h9-12,16,21-22,24,28,30,32H,1,13-15H2,2-8H3/t21-,22+,24-/m1/s1. The third-order valence-electron chi connectivity index (χ3n) is 6.14. The summed E-state index contributed by atoms with van der Waals surface area (Å²) in [4.78, 5) is 21.0. The topological polar surface area (TPSA) is 77.5 Å². The highest BCUT2D eigenvalue weighted by Gasteiger charge is 2.43. The molecule has 0 aliphatic carbocycles. The van der Waals surface area contributed by atoms with Crippen molar-refractivity contribution in [3.8, 4) is 10.4 Å². The van der Waals surface area contributed by atoms with Gasteiger partial charge in [0, 0.05) is 30.7 Å². The van der Waals surface area contributed by atoms with E-state index in [-0.39, 0.29) is 28.9 Å². The van der Waals surface area contributed by atoms with Gasteiger partial charge in [-0.2, -0.15) is 0 Å². The number of likely N-dealkylation sites (tertiary alicyclic amines) is 1. The SMILES string of the molecule is C=C(NCc1ccc(-c2scnc2C)cc1)[C@@H]1C[C@@H](O)CN1C(=O)[C@@H](NC(C)(C)C)C(C)(C)C. The lowest BCUT2D eigenvalue weighted by Crippen LogP contribution is -2.59. The van der Waals surface area contributed by atoms with Gasteiger partial charge in [-0.25, -0.2) is 4.98 Å². The van der Waals surface area contributed by atoms with E-state index in [9.17, 15) is 9.90 Å². The average molecular weight is 485 g/mol. The quantitative estimate of drug-likeness (QED) is 0.540. The highest BCUT2D eigenvalue weighted by Crippen LogP contribution is 2.30. The van der Waals surface area contributed by atoms with Crippen LogP contribution in [0.4, 0.5) is 0 Å². The Bertz CT molecular complexity index is 1000. The fourth-order valence-electron chi connectivity index (χ4n) is 4.32. The van der Waals surface area contributed by atoms with Crippen LogP contribution in [0.15, 0.2) is 42.1 Å². The van der Waals surface area contributed by atoms with Crippen LogP contribution in [0.25, 0.3) is 10.4 Å². The summed E-state index contributed by atoms with van der Waals surface area (Å²) in [5.74, 6) is 0.0104. The molecule has 0 radical (unpaired) electrons. The molecule has 1 aliphatic rings. The monoisotopic (exact) mass is 484 g/mol. The van der Waals surface area contributed by atoms with Gasteiger partial charge in [0.1, 0.15) is 0 Å². The summed E-state index contributed by atoms with van der Waals surface area (Å²) in [5, 5.41) is 17.3. The molecule has 6 nitrogen and oxygen atoms in total. The van der Waals surface area contributed by atoms with Crippen molar-refractivity contribution >= 4 is 17.2 Å². The molecule has 0 saturated carbocycles. The van der Waals surface area contributed by atoms with Crippen LogP contribution in [-0.2, 0) is 11.3 Å². The van der Waals surface area contributed by atoms with E-state index in [0.717, 1.165) is 22.5 Å². The minimum absolute atomic E-state index is 0.0104. The molecule has 1 aromatic carbocycles. The Kier molecular flexibility index (Phi) is 7.90. The van der Waals surface area contributed by atoms with Crippen molar-refractivity contribution in [2.24, 2.45) is 5.41 Å². The summed E-state index contributed by atoms with van der Waals surface area (Å²) in [7, 11) is 0. The van der Waals surface area contributed by atoms with Gasteiger partial charge < -0.3 is 20.6 Å². The lowest BCUT2D eigenvalue weighted by atomic mass is 9.84. The van der Waals surface area contributed by atoms with Crippen LogP contribution in [0.1, 0.15) is 59.2 Å². The van der Waals surface area contributed by atoms with E-state index in [1.54, 1.807) is 16.2 Å². The number of carbonyl (C=O) groups is 1. The largest absolute Gasteiger partial charge is 0.391 e. The Hall–Kier alpha value is -2.22. The van der Waals surface area contributed by atoms with Crippen LogP contribution in [-0.4, -0.2) is 51.2 Å². The molecule has 2 aromatic rings. The number of rotatable bonds is 7. The molecule has 0 spiro atoms. The van der Waals surface area contributed by atoms with Gasteiger partial charge in [0.2, 0.25) is 5.91 Å². The molecule has 3 N–H and O–H groups in total. The second-order valence-corrected chi connectivity index (χ2v) is 12.3. The molecular weight excluding hydrogens is 444 g/mol. The van der Waals surface area contributed by atoms with E-state index < -0.39 is 6.10 Å². The van der Waals surface area contributed by atoms with Crippen LogP contribution >= 0.6 is 11.3 Å². The molecule has 0 unspecified atom stereocenters. The lowest BCUT2D eigenvalue weighted by Gasteiger charge is -2.40. The number of hydrogen-bond acceptors (Lipinski definition) is 6. The van der Waals surface area contributed by atoms with Gasteiger partial charge in [-0.15, -0.1) is 11.3 Å². The van der Waals surface area contributed by atoms with Crippen molar-refractivity contribution < 1.29 is 9.90 Å². The van der Waals surface area contributed by atoms with E-state index in [1.807, 2.05) is 12.4 Å². The Morgan fingerprint density at radius 1 is 1.24 bits per heavy atom. The Labute approximate surface area is 208 Å². The number of nitrogens with zero attached hydrogens (tertiary/aromatic N) is 2. The van der Waals surface area contributed by atoms with Gasteiger partial charge in [0.05, 0.1) is 34.3 Å². The van der Waals surface area contributed by atoms with Crippen molar-refractivity contribution in [2.75, 3.05) is 6.54 Å². The number of nitrogens with one attached hydrogen (secondary N) is 2. The predicted octanol–water partition coefficient (Wildman–Crippen LogP) is 4.49. The van der Waals surface area contributed by atoms with Gasteiger partial charge in [-0.1, -0.05) is 51.6 Å². The summed E-state index contributed by atoms with van der Waals surface area (Å²) in [6.45, 7) is 19.6. The molecule has 1 saturated heterocycles. The summed E-state index contributed by atoms with van der Waals surface area (Å²) >= 11 is 1.65. The first kappa shape index (κ1) is 26.4. The molecule has 7 heteroatoms. The van der Waals surface area contributed by atoms with Crippen LogP contribution in [0.5, 0.6) is 0 Å². The average Bonchev–Trinajstić information content (AvgIpc) is 3.34. The zero-order chi connectivity index (χ0) is 25.3. The molecule has 1 amide bonds. The second-order valence-electron chi connectivity index (χ2n) is 11.4. The van der Waals surface area contributed by atoms with Gasteiger partial charge in [-0.05, 0) is 44.2 Å². The maximum absolute atomic E-state index is 13.7. The number of thiazole rings is 1. The van der Waals surface area contributed by atoms with Crippen LogP contribution in [0.3, 0.4) is 0 Å². The summed E-state index contributed by atoms with van der Waals surface area (Å²) in [6.07, 6.45) is -0.0576. The molecule has 1 fully saturated rings. The highest BCUT2D eigenvalue weighted by atomic mass is 32.1. The number of amides is 1. The van der Waals surface area contributed by atoms with Crippen LogP contribution < -0.4 is 10.6 Å². The van der Waals surface area contributed by atoms with Gasteiger partial charge in [0.25, 0.3) is 0 Å². The molecule has 0 bridgehead atoms. The number of benzene rings is 1. The predicted molar refractivity (Wildman–Crippen MR) is 141 cm³/mol. The number of β-amino-alcohol motifs (C(OH)–C–C–N with tert-alkyl or cyclic N) is 1. The van der Waals surface area contributed by atoms with E-state index in [2.05, 4.69) is 88.0 Å². The van der Waals surface area contributed by atoms with Crippen molar-refractivity contribution in [2.45, 2.75) is 85.2 Å². The molecular formula is C27H40N4O2S. The van der Waals surface area contributed by atoms with Crippen molar-refractivity contribution in [3.63, 3.8) is 0 Å². The Balaban J connectivity index is 1.68. The molecule has 1 aliphatic heterocycles. The lowest BCUT2D eigenvalue weighted by molar-refractivity contribution is -0.137. The van der Waals surface area contributed by atoms with E-state index in [4.69, 9.17) is 0 Å².